The molecular weight excluding hydrogens is 278 g/mol. The minimum absolute atomic E-state index is 0.218. The summed E-state index contributed by atoms with van der Waals surface area (Å²) < 4.78 is 5.51. The van der Waals surface area contributed by atoms with Gasteiger partial charge in [0.1, 0.15) is 5.76 Å². The van der Waals surface area contributed by atoms with Crippen LogP contribution in [-0.4, -0.2) is 41.2 Å². The lowest BCUT2D eigenvalue weighted by atomic mass is 9.82. The van der Waals surface area contributed by atoms with Gasteiger partial charge in [0.05, 0.1) is 11.2 Å². The first-order chi connectivity index (χ1) is 9.46. The summed E-state index contributed by atoms with van der Waals surface area (Å²) in [5.74, 6) is 0.713. The zero-order valence-electron chi connectivity index (χ0n) is 11.7. The highest BCUT2D eigenvalue weighted by molar-refractivity contribution is 7.97. The molecule has 1 atom stereocenters. The lowest BCUT2D eigenvalue weighted by molar-refractivity contribution is -0.150. The van der Waals surface area contributed by atoms with E-state index in [0.29, 0.717) is 25.1 Å². The average molecular weight is 297 g/mol. The number of furan rings is 1. The number of carboxylic acids is 1. The quantitative estimate of drug-likeness (QED) is 0.924. The first-order valence-corrected chi connectivity index (χ1v) is 7.96. The van der Waals surface area contributed by atoms with E-state index in [4.69, 9.17) is 4.42 Å². The van der Waals surface area contributed by atoms with E-state index >= 15 is 0 Å². The van der Waals surface area contributed by atoms with Gasteiger partial charge in [-0.05, 0) is 38.2 Å². The molecular formula is C14H19NO4S. The van der Waals surface area contributed by atoms with Crippen molar-refractivity contribution in [3.8, 4) is 0 Å². The fraction of sp³-hybridized carbons (Fsp3) is 0.571. The van der Waals surface area contributed by atoms with Crippen molar-refractivity contribution < 1.29 is 19.1 Å². The van der Waals surface area contributed by atoms with E-state index in [0.717, 1.165) is 11.5 Å². The summed E-state index contributed by atoms with van der Waals surface area (Å²) in [6.45, 7) is 2.51. The van der Waals surface area contributed by atoms with Crippen molar-refractivity contribution in [3.63, 3.8) is 0 Å². The topological polar surface area (TPSA) is 70.8 Å². The number of hydrogen-bond donors (Lipinski definition) is 1. The molecule has 1 aromatic heterocycles. The van der Waals surface area contributed by atoms with Crippen LogP contribution in [0.3, 0.4) is 0 Å². The number of likely N-dealkylation sites (tertiary alicyclic amines) is 1. The summed E-state index contributed by atoms with van der Waals surface area (Å²) in [6.07, 6.45) is 3.27. The van der Waals surface area contributed by atoms with E-state index in [1.54, 1.807) is 35.7 Å². The van der Waals surface area contributed by atoms with Crippen LogP contribution in [0.2, 0.25) is 0 Å². The van der Waals surface area contributed by atoms with Crippen LogP contribution in [0.25, 0.3) is 0 Å². The van der Waals surface area contributed by atoms with Crippen LogP contribution in [0, 0.1) is 5.41 Å². The average Bonchev–Trinajstić information content (AvgIpc) is 2.87. The molecule has 0 spiro atoms. The van der Waals surface area contributed by atoms with Gasteiger partial charge in [0.15, 0.2) is 5.76 Å². The van der Waals surface area contributed by atoms with Crippen molar-refractivity contribution in [2.75, 3.05) is 19.3 Å². The summed E-state index contributed by atoms with van der Waals surface area (Å²) in [5, 5.41) is 9.28. The molecule has 0 saturated carbocycles. The van der Waals surface area contributed by atoms with Crippen molar-refractivity contribution in [2.45, 2.75) is 25.5 Å². The Morgan fingerprint density at radius 1 is 1.50 bits per heavy atom. The molecule has 5 nitrogen and oxygen atoms in total. The molecule has 1 N–H and O–H groups in total. The SMILES string of the molecule is CSCc1ccc(C(=O)N2CCCC(C)(C(=O)O)C2)o1. The van der Waals surface area contributed by atoms with Crippen LogP contribution in [0.1, 0.15) is 36.1 Å². The zero-order chi connectivity index (χ0) is 14.8. The van der Waals surface area contributed by atoms with Crippen LogP contribution in [0.4, 0.5) is 0 Å². The Morgan fingerprint density at radius 2 is 2.25 bits per heavy atom. The van der Waals surface area contributed by atoms with E-state index in [9.17, 15) is 14.7 Å². The lowest BCUT2D eigenvalue weighted by Crippen LogP contribution is -2.48. The number of carbonyl (C=O) groups is 2. The molecule has 0 aromatic carbocycles. The minimum Gasteiger partial charge on any atom is -0.481 e. The minimum atomic E-state index is -0.859. The molecule has 20 heavy (non-hydrogen) atoms. The Kier molecular flexibility index (Phi) is 4.42. The summed E-state index contributed by atoms with van der Waals surface area (Å²) in [7, 11) is 0. The monoisotopic (exact) mass is 297 g/mol. The summed E-state index contributed by atoms with van der Waals surface area (Å²) in [4.78, 5) is 25.2. The molecule has 0 radical (unpaired) electrons. The van der Waals surface area contributed by atoms with Gasteiger partial charge in [-0.25, -0.2) is 0 Å². The number of nitrogens with zero attached hydrogens (tertiary/aromatic N) is 1. The molecule has 1 aliphatic rings. The van der Waals surface area contributed by atoms with Crippen LogP contribution in [0.15, 0.2) is 16.5 Å². The third kappa shape index (κ3) is 3.00. The van der Waals surface area contributed by atoms with E-state index in [2.05, 4.69) is 0 Å². The van der Waals surface area contributed by atoms with E-state index in [1.165, 1.54) is 0 Å². The molecule has 1 unspecified atom stereocenters. The Morgan fingerprint density at radius 3 is 2.90 bits per heavy atom. The van der Waals surface area contributed by atoms with E-state index in [1.807, 2.05) is 6.26 Å². The zero-order valence-corrected chi connectivity index (χ0v) is 12.5. The molecule has 0 bridgehead atoms. The third-order valence-corrected chi connectivity index (χ3v) is 4.23. The van der Waals surface area contributed by atoms with Gasteiger partial charge >= 0.3 is 5.97 Å². The smallest absolute Gasteiger partial charge is 0.311 e. The molecule has 2 rings (SSSR count). The molecule has 1 aliphatic heterocycles. The Hall–Kier alpha value is -1.43. The van der Waals surface area contributed by atoms with Crippen molar-refractivity contribution >= 4 is 23.6 Å². The maximum Gasteiger partial charge on any atom is 0.311 e. The third-order valence-electron chi connectivity index (χ3n) is 3.66. The molecule has 110 valence electrons. The lowest BCUT2D eigenvalue weighted by Gasteiger charge is -2.37. The largest absolute Gasteiger partial charge is 0.481 e. The number of rotatable bonds is 4. The summed E-state index contributed by atoms with van der Waals surface area (Å²) in [6, 6.07) is 3.46. The second kappa shape index (κ2) is 5.91. The highest BCUT2D eigenvalue weighted by Crippen LogP contribution is 2.30. The first-order valence-electron chi connectivity index (χ1n) is 6.56. The summed E-state index contributed by atoms with van der Waals surface area (Å²) in [5.41, 5.74) is -0.859. The Bertz CT molecular complexity index is 513. The van der Waals surface area contributed by atoms with Gasteiger partial charge in [-0.3, -0.25) is 9.59 Å². The second-order valence-corrected chi connectivity index (χ2v) is 6.26. The number of amides is 1. The van der Waals surface area contributed by atoms with Crippen LogP contribution in [0.5, 0.6) is 0 Å². The second-order valence-electron chi connectivity index (χ2n) is 5.40. The van der Waals surface area contributed by atoms with Crippen molar-refractivity contribution in [1.82, 2.24) is 4.90 Å². The highest BCUT2D eigenvalue weighted by atomic mass is 32.2. The van der Waals surface area contributed by atoms with Gasteiger partial charge in [-0.15, -0.1) is 0 Å². The summed E-state index contributed by atoms with van der Waals surface area (Å²) >= 11 is 1.62. The van der Waals surface area contributed by atoms with Crippen molar-refractivity contribution in [2.24, 2.45) is 5.41 Å². The normalized spacial score (nSPS) is 22.8. The Balaban J connectivity index is 2.10. The van der Waals surface area contributed by atoms with Crippen LogP contribution < -0.4 is 0 Å². The number of aliphatic carboxylic acids is 1. The maximum atomic E-state index is 12.4. The number of piperidine rings is 1. The maximum absolute atomic E-state index is 12.4. The molecule has 1 saturated heterocycles. The molecule has 2 heterocycles. The number of carboxylic acid groups (broad SMARTS) is 1. The van der Waals surface area contributed by atoms with Gasteiger partial charge in [0.25, 0.3) is 5.91 Å². The Labute approximate surface area is 122 Å². The molecule has 1 fully saturated rings. The highest BCUT2D eigenvalue weighted by Gasteiger charge is 2.40. The first kappa shape index (κ1) is 15.0. The number of thioether (sulfide) groups is 1. The molecule has 1 aromatic rings. The van der Waals surface area contributed by atoms with Gasteiger partial charge in [0.2, 0.25) is 0 Å². The van der Waals surface area contributed by atoms with Crippen LogP contribution >= 0.6 is 11.8 Å². The fourth-order valence-electron chi connectivity index (χ4n) is 2.46. The predicted molar refractivity (Wildman–Crippen MR) is 76.8 cm³/mol. The fourth-order valence-corrected chi connectivity index (χ4v) is 2.90. The van der Waals surface area contributed by atoms with Crippen molar-refractivity contribution in [1.29, 1.82) is 0 Å². The number of carbonyl (C=O) groups excluding carboxylic acids is 1. The predicted octanol–water partition coefficient (Wildman–Crippen LogP) is 2.47. The standard InChI is InChI=1S/C14H19NO4S/c1-14(13(17)18)6-3-7-15(9-14)12(16)11-5-4-10(19-11)8-20-2/h4-5H,3,6-9H2,1-2H3,(H,17,18). The van der Waals surface area contributed by atoms with Gasteiger partial charge in [0, 0.05) is 13.1 Å². The van der Waals surface area contributed by atoms with Gasteiger partial charge < -0.3 is 14.4 Å². The number of hydrogen-bond acceptors (Lipinski definition) is 4. The molecule has 1 amide bonds. The van der Waals surface area contributed by atoms with Gasteiger partial charge in [-0.2, -0.15) is 11.8 Å². The van der Waals surface area contributed by atoms with Gasteiger partial charge in [-0.1, -0.05) is 0 Å². The van der Waals surface area contributed by atoms with Crippen molar-refractivity contribution in [3.05, 3.63) is 23.7 Å². The van der Waals surface area contributed by atoms with Crippen LogP contribution in [-0.2, 0) is 10.5 Å². The van der Waals surface area contributed by atoms with E-state index < -0.39 is 11.4 Å². The molecule has 6 heteroatoms. The van der Waals surface area contributed by atoms with E-state index in [-0.39, 0.29) is 12.5 Å². The molecule has 0 aliphatic carbocycles.